The molecule has 1 heterocycles. The average molecular weight is 357 g/mol. The van der Waals surface area contributed by atoms with Gasteiger partial charge in [-0.15, -0.1) is 11.8 Å². The molecule has 1 aromatic carbocycles. The Kier molecular flexibility index (Phi) is 5.08. The second kappa shape index (κ2) is 6.72. The van der Waals surface area contributed by atoms with Gasteiger partial charge in [0.05, 0.1) is 12.0 Å². The third-order valence-corrected chi connectivity index (χ3v) is 4.29. The third-order valence-electron chi connectivity index (χ3n) is 3.54. The van der Waals surface area contributed by atoms with Gasteiger partial charge < -0.3 is 9.67 Å². The fraction of sp³-hybridized carbons (Fsp3) is 0.250. The molecule has 0 atom stereocenters. The molecule has 8 heteroatoms. The van der Waals surface area contributed by atoms with Gasteiger partial charge in [0.1, 0.15) is 5.69 Å². The van der Waals surface area contributed by atoms with Crippen molar-refractivity contribution in [1.82, 2.24) is 4.57 Å². The van der Waals surface area contributed by atoms with Crippen LogP contribution >= 0.6 is 11.8 Å². The topological polar surface area (TPSA) is 59.3 Å². The standard InChI is InChI=1S/C16H14F3NO3S/c1-20-11(8-13(21)22)7-12(24-2)14(20)15(23)9-3-5-10(6-4-9)16(17,18)19/h3-7H,8H2,1-2H3,(H,21,22). The summed E-state index contributed by atoms with van der Waals surface area (Å²) in [5.41, 5.74) is -0.00965. The Bertz CT molecular complexity index is 779. The predicted octanol–water partition coefficient (Wildman–Crippen LogP) is 3.62. The summed E-state index contributed by atoms with van der Waals surface area (Å²) in [6.07, 6.45) is -2.97. The maximum absolute atomic E-state index is 12.6. The summed E-state index contributed by atoms with van der Waals surface area (Å²) in [7, 11) is 1.56. The van der Waals surface area contributed by atoms with Crippen LogP contribution < -0.4 is 0 Å². The summed E-state index contributed by atoms with van der Waals surface area (Å²) in [4.78, 5) is 24.1. The largest absolute Gasteiger partial charge is 0.481 e. The van der Waals surface area contributed by atoms with E-state index in [4.69, 9.17) is 5.11 Å². The molecule has 1 aromatic heterocycles. The molecule has 0 spiro atoms. The summed E-state index contributed by atoms with van der Waals surface area (Å²) in [6.45, 7) is 0. The molecule has 0 aliphatic heterocycles. The van der Waals surface area contributed by atoms with Crippen LogP contribution in [-0.4, -0.2) is 27.7 Å². The highest BCUT2D eigenvalue weighted by Crippen LogP contribution is 2.31. The minimum atomic E-state index is -4.47. The number of aromatic nitrogens is 1. The molecular weight excluding hydrogens is 343 g/mol. The molecular formula is C16H14F3NO3S. The Morgan fingerprint density at radius 2 is 1.79 bits per heavy atom. The van der Waals surface area contributed by atoms with Crippen molar-refractivity contribution in [2.24, 2.45) is 7.05 Å². The van der Waals surface area contributed by atoms with E-state index in [1.807, 2.05) is 0 Å². The number of carbonyl (C=O) groups excluding carboxylic acids is 1. The molecule has 2 rings (SSSR count). The second-order valence-corrected chi connectivity index (χ2v) is 5.93. The van der Waals surface area contributed by atoms with Gasteiger partial charge in [-0.2, -0.15) is 13.2 Å². The number of hydrogen-bond donors (Lipinski definition) is 1. The van der Waals surface area contributed by atoms with Crippen LogP contribution in [0.5, 0.6) is 0 Å². The number of rotatable bonds is 5. The van der Waals surface area contributed by atoms with Gasteiger partial charge >= 0.3 is 12.1 Å². The zero-order chi connectivity index (χ0) is 18.1. The van der Waals surface area contributed by atoms with Crippen LogP contribution in [0.1, 0.15) is 27.3 Å². The Balaban J connectivity index is 2.42. The van der Waals surface area contributed by atoms with E-state index in [2.05, 4.69) is 0 Å². The predicted molar refractivity (Wildman–Crippen MR) is 83.4 cm³/mol. The zero-order valence-electron chi connectivity index (χ0n) is 12.8. The maximum Gasteiger partial charge on any atom is 0.416 e. The van der Waals surface area contributed by atoms with Crippen molar-refractivity contribution in [1.29, 1.82) is 0 Å². The molecule has 0 fully saturated rings. The first-order chi connectivity index (χ1) is 11.1. The van der Waals surface area contributed by atoms with Crippen LogP contribution in [-0.2, 0) is 24.4 Å². The number of aliphatic carboxylic acids is 1. The minimum Gasteiger partial charge on any atom is -0.481 e. The molecule has 0 amide bonds. The highest BCUT2D eigenvalue weighted by Gasteiger charge is 2.30. The quantitative estimate of drug-likeness (QED) is 0.656. The average Bonchev–Trinajstić information content (AvgIpc) is 2.81. The minimum absolute atomic E-state index is 0.112. The molecule has 1 N–H and O–H groups in total. The van der Waals surface area contributed by atoms with E-state index in [1.165, 1.54) is 16.3 Å². The normalized spacial score (nSPS) is 11.5. The molecule has 0 unspecified atom stereocenters. The van der Waals surface area contributed by atoms with E-state index in [1.54, 1.807) is 19.4 Å². The lowest BCUT2D eigenvalue weighted by Gasteiger charge is -2.09. The summed E-state index contributed by atoms with van der Waals surface area (Å²) in [5, 5.41) is 8.92. The van der Waals surface area contributed by atoms with Crippen LogP contribution in [0.2, 0.25) is 0 Å². The summed E-state index contributed by atoms with van der Waals surface area (Å²) in [6, 6.07) is 5.56. The number of carbonyl (C=O) groups is 2. The summed E-state index contributed by atoms with van der Waals surface area (Å²) < 4.78 is 39.3. The van der Waals surface area contributed by atoms with Gasteiger partial charge in [-0.3, -0.25) is 9.59 Å². The van der Waals surface area contributed by atoms with E-state index in [9.17, 15) is 22.8 Å². The van der Waals surface area contributed by atoms with Crippen LogP contribution in [0.15, 0.2) is 35.2 Å². The lowest BCUT2D eigenvalue weighted by molar-refractivity contribution is -0.138. The van der Waals surface area contributed by atoms with E-state index in [-0.39, 0.29) is 17.7 Å². The van der Waals surface area contributed by atoms with E-state index in [0.717, 1.165) is 24.3 Å². The number of nitrogens with zero attached hydrogens (tertiary/aromatic N) is 1. The Labute approximate surface area is 140 Å². The van der Waals surface area contributed by atoms with Gasteiger partial charge in [0.2, 0.25) is 5.78 Å². The first kappa shape index (κ1) is 18.1. The molecule has 4 nitrogen and oxygen atoms in total. The Morgan fingerprint density at radius 3 is 2.25 bits per heavy atom. The molecule has 24 heavy (non-hydrogen) atoms. The molecule has 2 aromatic rings. The van der Waals surface area contributed by atoms with Gasteiger partial charge in [0, 0.05) is 23.2 Å². The molecule has 0 saturated heterocycles. The molecule has 0 aliphatic carbocycles. The van der Waals surface area contributed by atoms with Crippen molar-refractivity contribution in [3.63, 3.8) is 0 Å². The van der Waals surface area contributed by atoms with Crippen molar-refractivity contribution >= 4 is 23.5 Å². The van der Waals surface area contributed by atoms with Gasteiger partial charge in [0.25, 0.3) is 0 Å². The first-order valence-corrected chi connectivity index (χ1v) is 8.04. The molecule has 128 valence electrons. The Hall–Kier alpha value is -2.22. The highest BCUT2D eigenvalue weighted by atomic mass is 32.2. The SMILES string of the molecule is CSc1cc(CC(=O)O)n(C)c1C(=O)c1ccc(C(F)(F)F)cc1. The molecule has 0 aliphatic rings. The number of benzene rings is 1. The Morgan fingerprint density at radius 1 is 1.21 bits per heavy atom. The number of halogens is 3. The number of thioether (sulfide) groups is 1. The smallest absolute Gasteiger partial charge is 0.416 e. The fourth-order valence-electron chi connectivity index (χ4n) is 2.32. The van der Waals surface area contributed by atoms with Crippen LogP contribution in [0.4, 0.5) is 13.2 Å². The zero-order valence-corrected chi connectivity index (χ0v) is 13.7. The number of carboxylic acid groups (broad SMARTS) is 1. The van der Waals surface area contributed by atoms with E-state index < -0.39 is 23.5 Å². The lowest BCUT2D eigenvalue weighted by Crippen LogP contribution is -2.12. The second-order valence-electron chi connectivity index (χ2n) is 5.09. The van der Waals surface area contributed by atoms with Crippen molar-refractivity contribution in [2.75, 3.05) is 6.26 Å². The maximum atomic E-state index is 12.6. The molecule has 0 radical (unpaired) electrons. The van der Waals surface area contributed by atoms with Crippen LogP contribution in [0.3, 0.4) is 0 Å². The number of ketones is 1. The molecule has 0 saturated carbocycles. The van der Waals surface area contributed by atoms with Crippen molar-refractivity contribution in [2.45, 2.75) is 17.5 Å². The van der Waals surface area contributed by atoms with Crippen LogP contribution in [0.25, 0.3) is 0 Å². The summed E-state index contributed by atoms with van der Waals surface area (Å²) >= 11 is 1.27. The first-order valence-electron chi connectivity index (χ1n) is 6.81. The van der Waals surface area contributed by atoms with Crippen LogP contribution in [0, 0.1) is 0 Å². The van der Waals surface area contributed by atoms with Gasteiger partial charge in [-0.25, -0.2) is 0 Å². The van der Waals surface area contributed by atoms with Crippen molar-refractivity contribution < 1.29 is 27.9 Å². The molecule has 0 bridgehead atoms. The van der Waals surface area contributed by atoms with Crippen molar-refractivity contribution in [3.8, 4) is 0 Å². The van der Waals surface area contributed by atoms with E-state index >= 15 is 0 Å². The van der Waals surface area contributed by atoms with Gasteiger partial charge in [0.15, 0.2) is 0 Å². The van der Waals surface area contributed by atoms with Gasteiger partial charge in [-0.05, 0) is 24.5 Å². The summed E-state index contributed by atoms with van der Waals surface area (Å²) in [5.74, 6) is -1.48. The van der Waals surface area contributed by atoms with Crippen molar-refractivity contribution in [3.05, 3.63) is 52.8 Å². The number of hydrogen-bond acceptors (Lipinski definition) is 3. The number of alkyl halides is 3. The lowest BCUT2D eigenvalue weighted by atomic mass is 10.1. The van der Waals surface area contributed by atoms with Gasteiger partial charge in [-0.1, -0.05) is 12.1 Å². The fourth-order valence-corrected chi connectivity index (χ4v) is 2.99. The van der Waals surface area contributed by atoms with E-state index in [0.29, 0.717) is 10.6 Å². The third kappa shape index (κ3) is 3.64. The number of carboxylic acids is 1. The highest BCUT2D eigenvalue weighted by molar-refractivity contribution is 7.98. The monoisotopic (exact) mass is 357 g/mol.